The molecule has 0 amide bonds. The number of likely N-dealkylation sites (N-methyl/N-ethyl adjacent to an activating group) is 1. The first kappa shape index (κ1) is 27.7. The van der Waals surface area contributed by atoms with Crippen LogP contribution < -0.4 is 4.90 Å². The third kappa shape index (κ3) is 5.16. The third-order valence-corrected chi connectivity index (χ3v) is 7.21. The zero-order chi connectivity index (χ0) is 27.2. The number of rotatable bonds is 4. The number of aromatic nitrogens is 2. The number of fused-ring (bicyclic) bond motifs is 2. The first-order chi connectivity index (χ1) is 17.8. The van der Waals surface area contributed by atoms with Gasteiger partial charge in [-0.1, -0.05) is 101 Å². The molecule has 0 spiro atoms. The second-order valence-electron chi connectivity index (χ2n) is 9.97. The maximum Gasteiger partial charge on any atom is 0.136 e. The first-order valence-corrected chi connectivity index (χ1v) is 13.0. The van der Waals surface area contributed by atoms with Crippen molar-refractivity contribution in [3.8, 4) is 12.8 Å². The van der Waals surface area contributed by atoms with E-state index in [-0.39, 0.29) is 10.8 Å². The van der Waals surface area contributed by atoms with Crippen molar-refractivity contribution in [2.75, 3.05) is 11.9 Å². The molecule has 2 aromatic carbocycles. The molecule has 0 N–H and O–H groups in total. The van der Waals surface area contributed by atoms with E-state index in [0.717, 1.165) is 17.9 Å². The Balaban J connectivity index is 0.000000907. The number of hydrogen-bond donors (Lipinski definition) is 0. The molecule has 1 atom stereocenters. The summed E-state index contributed by atoms with van der Waals surface area (Å²) in [4.78, 5) is 11.8. The maximum absolute atomic E-state index is 4.83. The number of allylic oxidation sites excluding steroid dienone is 2. The second-order valence-corrected chi connectivity index (χ2v) is 9.97. The normalized spacial score (nSPS) is 16.1. The van der Waals surface area contributed by atoms with Crippen LogP contribution >= 0.6 is 0 Å². The average Bonchev–Trinajstić information content (AvgIpc) is 3.12. The zero-order valence-electron chi connectivity index (χ0n) is 23.3. The van der Waals surface area contributed by atoms with Gasteiger partial charge in [0.1, 0.15) is 5.82 Å². The van der Waals surface area contributed by atoms with Gasteiger partial charge in [0, 0.05) is 52.6 Å². The Kier molecular flexibility index (Phi) is 8.56. The number of hydrogen-bond acceptors (Lipinski definition) is 3. The molecular formula is C34H39N3. The largest absolute Gasteiger partial charge is 0.332 e. The Morgan fingerprint density at radius 2 is 1.57 bits per heavy atom. The van der Waals surface area contributed by atoms with E-state index in [1.54, 1.807) is 0 Å². The molecule has 0 radical (unpaired) electrons. The SMILES string of the molecule is C#C.CC.Cc1ncc2ccccc2c1C(C)(/C=C1/N(C)c2ncccc2C1(C)C)Cc1ccccc1. The highest BCUT2D eigenvalue weighted by atomic mass is 15.2. The molecular weight excluding hydrogens is 450 g/mol. The topological polar surface area (TPSA) is 29.0 Å². The molecule has 1 aliphatic rings. The molecule has 0 fully saturated rings. The first-order valence-electron chi connectivity index (χ1n) is 13.0. The lowest BCUT2D eigenvalue weighted by molar-refractivity contribution is 0.558. The van der Waals surface area contributed by atoms with Crippen molar-refractivity contribution in [1.29, 1.82) is 0 Å². The molecule has 3 heterocycles. The van der Waals surface area contributed by atoms with Gasteiger partial charge < -0.3 is 4.90 Å². The van der Waals surface area contributed by atoms with Gasteiger partial charge in [-0.15, -0.1) is 12.8 Å². The van der Waals surface area contributed by atoms with Crippen LogP contribution in [0.2, 0.25) is 0 Å². The lowest BCUT2D eigenvalue weighted by Crippen LogP contribution is -2.31. The highest BCUT2D eigenvalue weighted by Gasteiger charge is 2.42. The molecule has 0 bridgehead atoms. The minimum absolute atomic E-state index is 0.137. The van der Waals surface area contributed by atoms with Crippen molar-refractivity contribution in [2.24, 2.45) is 0 Å². The fourth-order valence-corrected chi connectivity index (χ4v) is 5.62. The molecule has 0 saturated carbocycles. The Morgan fingerprint density at radius 3 is 2.24 bits per heavy atom. The zero-order valence-corrected chi connectivity index (χ0v) is 23.3. The van der Waals surface area contributed by atoms with Crippen LogP contribution in [0.15, 0.2) is 90.9 Å². The van der Waals surface area contributed by atoms with Gasteiger partial charge in [-0.3, -0.25) is 4.98 Å². The van der Waals surface area contributed by atoms with Crippen LogP contribution in [0, 0.1) is 19.8 Å². The average molecular weight is 490 g/mol. The van der Waals surface area contributed by atoms with Gasteiger partial charge in [0.15, 0.2) is 0 Å². The highest BCUT2D eigenvalue weighted by molar-refractivity contribution is 5.87. The summed E-state index contributed by atoms with van der Waals surface area (Å²) in [5, 5.41) is 2.45. The molecule has 0 saturated heterocycles. The van der Waals surface area contributed by atoms with E-state index >= 15 is 0 Å². The van der Waals surface area contributed by atoms with Crippen LogP contribution in [0.4, 0.5) is 5.82 Å². The van der Waals surface area contributed by atoms with E-state index in [9.17, 15) is 0 Å². The van der Waals surface area contributed by atoms with Crippen LogP contribution in [0.25, 0.3) is 10.8 Å². The smallest absolute Gasteiger partial charge is 0.136 e. The summed E-state index contributed by atoms with van der Waals surface area (Å²) >= 11 is 0. The summed E-state index contributed by atoms with van der Waals surface area (Å²) in [5.74, 6) is 1.04. The van der Waals surface area contributed by atoms with Gasteiger partial charge in [-0.25, -0.2) is 4.98 Å². The van der Waals surface area contributed by atoms with E-state index in [0.29, 0.717) is 0 Å². The van der Waals surface area contributed by atoms with Gasteiger partial charge in [0.25, 0.3) is 0 Å². The van der Waals surface area contributed by atoms with Crippen molar-refractivity contribution >= 4 is 16.6 Å². The van der Waals surface area contributed by atoms with E-state index < -0.39 is 0 Å². The summed E-state index contributed by atoms with van der Waals surface area (Å²) in [6, 6.07) is 23.7. The third-order valence-electron chi connectivity index (χ3n) is 7.21. The maximum atomic E-state index is 4.83. The Hall–Kier alpha value is -3.90. The van der Waals surface area contributed by atoms with Crippen LogP contribution in [-0.2, 0) is 17.3 Å². The van der Waals surface area contributed by atoms with Gasteiger partial charge in [0.05, 0.1) is 0 Å². The van der Waals surface area contributed by atoms with Crippen LogP contribution in [-0.4, -0.2) is 17.0 Å². The van der Waals surface area contributed by atoms with E-state index in [2.05, 4.69) is 119 Å². The summed E-state index contributed by atoms with van der Waals surface area (Å²) in [6.07, 6.45) is 15.3. The molecule has 3 heteroatoms. The van der Waals surface area contributed by atoms with Crippen LogP contribution in [0.1, 0.15) is 57.0 Å². The summed E-state index contributed by atoms with van der Waals surface area (Å²) < 4.78 is 0. The molecule has 5 rings (SSSR count). The predicted octanol–water partition coefficient (Wildman–Crippen LogP) is 8.03. The number of terminal acetylenes is 1. The van der Waals surface area contributed by atoms with Gasteiger partial charge in [0.2, 0.25) is 0 Å². The Bertz CT molecular complexity index is 1400. The molecule has 1 aliphatic heterocycles. The van der Waals surface area contributed by atoms with Crippen molar-refractivity contribution in [3.63, 3.8) is 0 Å². The van der Waals surface area contributed by atoms with Crippen LogP contribution in [0.3, 0.4) is 0 Å². The van der Waals surface area contributed by atoms with Crippen molar-refractivity contribution in [1.82, 2.24) is 9.97 Å². The second kappa shape index (κ2) is 11.4. The number of pyridine rings is 2. The van der Waals surface area contributed by atoms with Crippen molar-refractivity contribution in [3.05, 3.63) is 113 Å². The molecule has 190 valence electrons. The van der Waals surface area contributed by atoms with E-state index in [4.69, 9.17) is 9.97 Å². The number of benzene rings is 2. The number of anilines is 1. The van der Waals surface area contributed by atoms with Crippen LogP contribution in [0.5, 0.6) is 0 Å². The summed E-state index contributed by atoms with van der Waals surface area (Å²) in [6.45, 7) is 13.1. The monoisotopic (exact) mass is 489 g/mol. The highest BCUT2D eigenvalue weighted by Crippen LogP contribution is 2.48. The summed E-state index contributed by atoms with van der Waals surface area (Å²) in [7, 11) is 2.14. The van der Waals surface area contributed by atoms with E-state index in [1.165, 1.54) is 33.2 Å². The van der Waals surface area contributed by atoms with Gasteiger partial charge in [-0.2, -0.15) is 0 Å². The Morgan fingerprint density at radius 1 is 0.919 bits per heavy atom. The molecule has 2 aromatic heterocycles. The lowest BCUT2D eigenvalue weighted by Gasteiger charge is -2.34. The fourth-order valence-electron chi connectivity index (χ4n) is 5.62. The number of aryl methyl sites for hydroxylation is 1. The number of nitrogens with zero attached hydrogens (tertiary/aromatic N) is 3. The van der Waals surface area contributed by atoms with Gasteiger partial charge in [-0.05, 0) is 35.9 Å². The molecule has 4 aromatic rings. The standard InChI is InChI=1S/C30H31N3.C2H6.C2H2/c1-21-27(24-15-10-9-14-23(24)20-32-21)30(4,18-22-12-7-6-8-13-22)19-26-29(2,3)25-16-11-17-31-28(25)33(26)5;2*1-2/h6-17,19-20H,18H2,1-5H3;1-2H3;1-2H/b26-19+;;. The molecule has 1 unspecified atom stereocenters. The Labute approximate surface area is 223 Å². The quantitative estimate of drug-likeness (QED) is 0.272. The van der Waals surface area contributed by atoms with Gasteiger partial charge >= 0.3 is 0 Å². The molecule has 3 nitrogen and oxygen atoms in total. The van der Waals surface area contributed by atoms with E-state index in [1.807, 2.05) is 32.3 Å². The lowest BCUT2D eigenvalue weighted by atomic mass is 9.72. The molecule has 0 aliphatic carbocycles. The minimum atomic E-state index is -0.262. The van der Waals surface area contributed by atoms with Crippen molar-refractivity contribution in [2.45, 2.75) is 58.8 Å². The minimum Gasteiger partial charge on any atom is -0.332 e. The summed E-state index contributed by atoms with van der Waals surface area (Å²) in [5.41, 5.74) is 5.85. The predicted molar refractivity (Wildman–Crippen MR) is 159 cm³/mol. The van der Waals surface area contributed by atoms with Crippen molar-refractivity contribution < 1.29 is 0 Å². The molecule has 37 heavy (non-hydrogen) atoms. The fraction of sp³-hybridized carbons (Fsp3) is 0.294.